The number of halogens is 1. The zero-order valence-corrected chi connectivity index (χ0v) is 13.9. The highest BCUT2D eigenvalue weighted by Crippen LogP contribution is 2.38. The standard InChI is InChI=1S/C18H15BrO4/c19-9-3-4-10-23-14-8-7-13-15(18(14)22)17(21)12-6-2-1-5-11(12)16(13)20/h1-2,5-8,22H,3-4,9-10H2. The van der Waals surface area contributed by atoms with Crippen LogP contribution in [-0.4, -0.2) is 28.6 Å². The summed E-state index contributed by atoms with van der Waals surface area (Å²) in [7, 11) is 0. The molecule has 0 fully saturated rings. The van der Waals surface area contributed by atoms with E-state index in [4.69, 9.17) is 4.74 Å². The number of ether oxygens (including phenoxy) is 1. The van der Waals surface area contributed by atoms with Crippen LogP contribution in [0, 0.1) is 0 Å². The molecule has 3 rings (SSSR count). The van der Waals surface area contributed by atoms with Gasteiger partial charge in [0.15, 0.2) is 23.1 Å². The zero-order valence-electron chi connectivity index (χ0n) is 12.3. The summed E-state index contributed by atoms with van der Waals surface area (Å²) in [5.41, 5.74) is 0.942. The van der Waals surface area contributed by atoms with Gasteiger partial charge in [-0.3, -0.25) is 9.59 Å². The Bertz CT molecular complexity index is 783. The first kappa shape index (κ1) is 15.7. The fraction of sp³-hybridized carbons (Fsp3) is 0.222. The lowest BCUT2D eigenvalue weighted by molar-refractivity contribution is 0.0976. The third kappa shape index (κ3) is 2.77. The Morgan fingerprint density at radius 3 is 2.30 bits per heavy atom. The molecule has 0 aromatic heterocycles. The molecule has 2 aromatic rings. The van der Waals surface area contributed by atoms with Gasteiger partial charge < -0.3 is 9.84 Å². The predicted octanol–water partition coefficient (Wildman–Crippen LogP) is 3.72. The number of phenolic OH excluding ortho intramolecular Hbond substituents is 1. The van der Waals surface area contributed by atoms with Gasteiger partial charge in [-0.1, -0.05) is 40.2 Å². The molecule has 23 heavy (non-hydrogen) atoms. The Morgan fingerprint density at radius 1 is 0.913 bits per heavy atom. The van der Waals surface area contributed by atoms with Crippen LogP contribution in [-0.2, 0) is 0 Å². The molecule has 1 aliphatic carbocycles. The first-order valence-electron chi connectivity index (χ1n) is 7.38. The van der Waals surface area contributed by atoms with Crippen LogP contribution < -0.4 is 4.74 Å². The molecule has 0 atom stereocenters. The largest absolute Gasteiger partial charge is 0.504 e. The fourth-order valence-electron chi connectivity index (χ4n) is 2.65. The third-order valence-corrected chi connectivity index (χ3v) is 4.38. The Kier molecular flexibility index (Phi) is 4.48. The molecule has 0 spiro atoms. The second-order valence-corrected chi connectivity index (χ2v) is 6.08. The number of rotatable bonds is 5. The highest BCUT2D eigenvalue weighted by molar-refractivity contribution is 9.09. The molecule has 0 amide bonds. The number of carbonyl (C=O) groups excluding carboxylic acids is 2. The van der Waals surface area contributed by atoms with Crippen LogP contribution in [0.25, 0.3) is 0 Å². The van der Waals surface area contributed by atoms with Crippen LogP contribution in [0.2, 0.25) is 0 Å². The maximum Gasteiger partial charge on any atom is 0.198 e. The highest BCUT2D eigenvalue weighted by atomic mass is 79.9. The molecule has 0 radical (unpaired) electrons. The molecule has 0 aliphatic heterocycles. The number of phenols is 1. The molecule has 0 heterocycles. The van der Waals surface area contributed by atoms with Crippen LogP contribution >= 0.6 is 15.9 Å². The number of hydrogen-bond donors (Lipinski definition) is 1. The van der Waals surface area contributed by atoms with Gasteiger partial charge in [-0.2, -0.15) is 0 Å². The van der Waals surface area contributed by atoms with E-state index in [0.717, 1.165) is 18.2 Å². The van der Waals surface area contributed by atoms with Crippen LogP contribution in [0.15, 0.2) is 36.4 Å². The smallest absolute Gasteiger partial charge is 0.198 e. The quantitative estimate of drug-likeness (QED) is 0.545. The van der Waals surface area contributed by atoms with Crippen molar-refractivity contribution in [3.8, 4) is 11.5 Å². The molecular weight excluding hydrogens is 360 g/mol. The van der Waals surface area contributed by atoms with E-state index in [1.165, 1.54) is 0 Å². The lowest BCUT2D eigenvalue weighted by atomic mass is 9.83. The number of benzene rings is 2. The average Bonchev–Trinajstić information content (AvgIpc) is 2.57. The average molecular weight is 375 g/mol. The van der Waals surface area contributed by atoms with E-state index in [2.05, 4.69) is 15.9 Å². The maximum atomic E-state index is 12.6. The van der Waals surface area contributed by atoms with E-state index in [1.807, 2.05) is 0 Å². The highest BCUT2D eigenvalue weighted by Gasteiger charge is 2.32. The summed E-state index contributed by atoms with van der Waals surface area (Å²) in [5, 5.41) is 11.3. The Balaban J connectivity index is 1.98. The summed E-state index contributed by atoms with van der Waals surface area (Å²) in [6, 6.07) is 9.73. The summed E-state index contributed by atoms with van der Waals surface area (Å²) >= 11 is 3.34. The summed E-state index contributed by atoms with van der Waals surface area (Å²) in [4.78, 5) is 25.1. The van der Waals surface area contributed by atoms with Crippen LogP contribution in [0.4, 0.5) is 0 Å². The van der Waals surface area contributed by atoms with Crippen molar-refractivity contribution in [3.63, 3.8) is 0 Å². The summed E-state index contributed by atoms with van der Waals surface area (Å²) in [6.45, 7) is 0.441. The van der Waals surface area contributed by atoms with Crippen LogP contribution in [0.1, 0.15) is 44.7 Å². The number of hydrogen-bond acceptors (Lipinski definition) is 4. The van der Waals surface area contributed by atoms with Gasteiger partial charge in [0, 0.05) is 22.0 Å². The lowest BCUT2D eigenvalue weighted by Gasteiger charge is -2.19. The molecule has 0 saturated carbocycles. The minimum Gasteiger partial charge on any atom is -0.504 e. The van der Waals surface area contributed by atoms with E-state index in [9.17, 15) is 14.7 Å². The number of carbonyl (C=O) groups is 2. The van der Waals surface area contributed by atoms with Crippen molar-refractivity contribution in [2.45, 2.75) is 12.8 Å². The number of unbranched alkanes of at least 4 members (excludes halogenated alkanes) is 1. The number of alkyl halides is 1. The second-order valence-electron chi connectivity index (χ2n) is 5.28. The normalized spacial score (nSPS) is 12.7. The fourth-order valence-corrected chi connectivity index (χ4v) is 3.04. The van der Waals surface area contributed by atoms with Crippen molar-refractivity contribution < 1.29 is 19.4 Å². The molecule has 118 valence electrons. The summed E-state index contributed by atoms with van der Waals surface area (Å²) < 4.78 is 5.54. The van der Waals surface area contributed by atoms with Gasteiger partial charge in [0.05, 0.1) is 12.2 Å². The Hall–Kier alpha value is -2.14. The predicted molar refractivity (Wildman–Crippen MR) is 89.9 cm³/mol. The SMILES string of the molecule is O=C1c2ccccc2C(=O)c2c1ccc(OCCCCBr)c2O. The number of ketones is 2. The topological polar surface area (TPSA) is 63.6 Å². The van der Waals surface area contributed by atoms with Crippen LogP contribution in [0.3, 0.4) is 0 Å². The van der Waals surface area contributed by atoms with Crippen molar-refractivity contribution in [2.75, 3.05) is 11.9 Å². The van der Waals surface area contributed by atoms with E-state index in [1.54, 1.807) is 36.4 Å². The summed E-state index contributed by atoms with van der Waals surface area (Å²) in [5.74, 6) is -0.622. The molecule has 0 bridgehead atoms. The lowest BCUT2D eigenvalue weighted by Crippen LogP contribution is -2.21. The van der Waals surface area contributed by atoms with Gasteiger partial charge in [0.1, 0.15) is 0 Å². The second kappa shape index (κ2) is 6.54. The first-order chi connectivity index (χ1) is 11.1. The van der Waals surface area contributed by atoms with Crippen LogP contribution in [0.5, 0.6) is 11.5 Å². The molecule has 0 saturated heterocycles. The Morgan fingerprint density at radius 2 is 1.61 bits per heavy atom. The van der Waals surface area contributed by atoms with E-state index < -0.39 is 0 Å². The minimum atomic E-state index is -0.349. The van der Waals surface area contributed by atoms with Crippen molar-refractivity contribution in [1.82, 2.24) is 0 Å². The van der Waals surface area contributed by atoms with Crippen molar-refractivity contribution in [2.24, 2.45) is 0 Å². The van der Waals surface area contributed by atoms with E-state index >= 15 is 0 Å². The number of fused-ring (bicyclic) bond motifs is 2. The van der Waals surface area contributed by atoms with E-state index in [0.29, 0.717) is 17.7 Å². The van der Waals surface area contributed by atoms with Gasteiger partial charge in [-0.15, -0.1) is 0 Å². The monoisotopic (exact) mass is 374 g/mol. The third-order valence-electron chi connectivity index (χ3n) is 3.81. The number of aromatic hydroxyl groups is 1. The van der Waals surface area contributed by atoms with Gasteiger partial charge in [-0.05, 0) is 25.0 Å². The molecule has 2 aromatic carbocycles. The van der Waals surface area contributed by atoms with Crippen molar-refractivity contribution in [3.05, 3.63) is 58.7 Å². The first-order valence-corrected chi connectivity index (χ1v) is 8.50. The molecular formula is C18H15BrO4. The molecule has 4 nitrogen and oxygen atoms in total. The summed E-state index contributed by atoms with van der Waals surface area (Å²) in [6.07, 6.45) is 1.79. The van der Waals surface area contributed by atoms with E-state index in [-0.39, 0.29) is 34.2 Å². The molecule has 0 unspecified atom stereocenters. The zero-order chi connectivity index (χ0) is 16.4. The maximum absolute atomic E-state index is 12.6. The van der Waals surface area contributed by atoms with Gasteiger partial charge in [0.2, 0.25) is 0 Å². The van der Waals surface area contributed by atoms with Gasteiger partial charge in [0.25, 0.3) is 0 Å². The van der Waals surface area contributed by atoms with Crippen molar-refractivity contribution in [1.29, 1.82) is 0 Å². The van der Waals surface area contributed by atoms with Crippen molar-refractivity contribution >= 4 is 27.5 Å². The minimum absolute atomic E-state index is 0.0340. The van der Waals surface area contributed by atoms with Gasteiger partial charge in [-0.25, -0.2) is 0 Å². The molecule has 5 heteroatoms. The Labute approximate surface area is 142 Å². The van der Waals surface area contributed by atoms with Gasteiger partial charge >= 0.3 is 0 Å². The molecule has 1 N–H and O–H groups in total. The molecule has 1 aliphatic rings.